The Kier molecular flexibility index (Phi) is 6.51. The molecule has 9 heteroatoms. The molecule has 2 aromatic rings. The number of benzene rings is 2. The smallest absolute Gasteiger partial charge is 0.258 e. The van der Waals surface area contributed by atoms with E-state index < -0.39 is 44.5 Å². The molecule has 0 aliphatic heterocycles. The second kappa shape index (κ2) is 8.32. The standard InChI is InChI=1S/C19H21F3N2O3S/c1-4-19(3,5-2)24-28(26,27)13-7-9-15(20)14(11-13)18(25)23-12-6-8-16(21)17(22)10-12/h6-11,24H,4-5H2,1-3H3,(H,23,25). The van der Waals surface area contributed by atoms with Crippen LogP contribution in [0.4, 0.5) is 18.9 Å². The average molecular weight is 414 g/mol. The maximum atomic E-state index is 14.1. The van der Waals surface area contributed by atoms with Crippen LogP contribution in [0.25, 0.3) is 0 Å². The van der Waals surface area contributed by atoms with E-state index in [9.17, 15) is 26.4 Å². The summed E-state index contributed by atoms with van der Waals surface area (Å²) >= 11 is 0. The molecule has 152 valence electrons. The molecule has 0 saturated heterocycles. The van der Waals surface area contributed by atoms with Gasteiger partial charge in [-0.2, -0.15) is 0 Å². The summed E-state index contributed by atoms with van der Waals surface area (Å²) in [6.07, 6.45) is 1.07. The summed E-state index contributed by atoms with van der Waals surface area (Å²) in [5, 5.41) is 2.22. The summed E-state index contributed by atoms with van der Waals surface area (Å²) < 4.78 is 68.2. The highest BCUT2D eigenvalue weighted by molar-refractivity contribution is 7.89. The van der Waals surface area contributed by atoms with Crippen molar-refractivity contribution in [3.63, 3.8) is 0 Å². The van der Waals surface area contributed by atoms with E-state index in [2.05, 4.69) is 10.0 Å². The van der Waals surface area contributed by atoms with Crippen molar-refractivity contribution in [2.75, 3.05) is 5.32 Å². The Morgan fingerprint density at radius 2 is 1.57 bits per heavy atom. The number of nitrogens with one attached hydrogen (secondary N) is 2. The van der Waals surface area contributed by atoms with Gasteiger partial charge in [0.05, 0.1) is 10.5 Å². The van der Waals surface area contributed by atoms with Gasteiger partial charge in [-0.05, 0) is 50.1 Å². The quantitative estimate of drug-likeness (QED) is 0.713. The Hall–Kier alpha value is -2.39. The predicted molar refractivity (Wildman–Crippen MR) is 100 cm³/mol. The van der Waals surface area contributed by atoms with Crippen LogP contribution in [-0.4, -0.2) is 19.9 Å². The Balaban J connectivity index is 2.34. The molecule has 0 aromatic heterocycles. The predicted octanol–water partition coefficient (Wildman–Crippen LogP) is 4.21. The fraction of sp³-hybridized carbons (Fsp3) is 0.316. The lowest BCUT2D eigenvalue weighted by Crippen LogP contribution is -2.44. The van der Waals surface area contributed by atoms with Gasteiger partial charge in [0.2, 0.25) is 10.0 Å². The molecule has 28 heavy (non-hydrogen) atoms. The third-order valence-corrected chi connectivity index (χ3v) is 6.25. The molecule has 0 aliphatic rings. The van der Waals surface area contributed by atoms with Crippen molar-refractivity contribution in [1.82, 2.24) is 4.72 Å². The number of carbonyl (C=O) groups is 1. The molecule has 0 bridgehead atoms. The first-order valence-electron chi connectivity index (χ1n) is 8.61. The van der Waals surface area contributed by atoms with E-state index in [0.29, 0.717) is 12.8 Å². The van der Waals surface area contributed by atoms with Crippen LogP contribution in [0.2, 0.25) is 0 Å². The van der Waals surface area contributed by atoms with E-state index in [0.717, 1.165) is 36.4 Å². The molecule has 0 atom stereocenters. The lowest BCUT2D eigenvalue weighted by molar-refractivity contribution is 0.102. The van der Waals surface area contributed by atoms with Gasteiger partial charge in [-0.3, -0.25) is 4.79 Å². The molecule has 0 aliphatic carbocycles. The van der Waals surface area contributed by atoms with Crippen molar-refractivity contribution >= 4 is 21.6 Å². The molecule has 0 spiro atoms. The zero-order chi connectivity index (χ0) is 21.1. The molecule has 0 saturated carbocycles. The fourth-order valence-electron chi connectivity index (χ4n) is 2.40. The van der Waals surface area contributed by atoms with E-state index in [-0.39, 0.29) is 10.6 Å². The number of anilines is 1. The van der Waals surface area contributed by atoms with Crippen LogP contribution in [0.3, 0.4) is 0 Å². The van der Waals surface area contributed by atoms with Gasteiger partial charge in [0.1, 0.15) is 5.82 Å². The summed E-state index contributed by atoms with van der Waals surface area (Å²) in [6.45, 7) is 5.40. The van der Waals surface area contributed by atoms with Crippen LogP contribution in [-0.2, 0) is 10.0 Å². The zero-order valence-electron chi connectivity index (χ0n) is 15.6. The lowest BCUT2D eigenvalue weighted by atomic mass is 9.98. The third kappa shape index (κ3) is 4.90. The first kappa shape index (κ1) is 21.9. The Morgan fingerprint density at radius 1 is 0.964 bits per heavy atom. The largest absolute Gasteiger partial charge is 0.322 e. The van der Waals surface area contributed by atoms with E-state index >= 15 is 0 Å². The number of amides is 1. The summed E-state index contributed by atoms with van der Waals surface area (Å²) in [6, 6.07) is 5.47. The number of carbonyl (C=O) groups excluding carboxylic acids is 1. The zero-order valence-corrected chi connectivity index (χ0v) is 16.5. The number of hydrogen-bond acceptors (Lipinski definition) is 3. The third-order valence-electron chi connectivity index (χ3n) is 4.61. The minimum absolute atomic E-state index is 0.0979. The molecule has 2 rings (SSSR count). The van der Waals surface area contributed by atoms with Crippen molar-refractivity contribution in [3.05, 3.63) is 59.4 Å². The summed E-state index contributed by atoms with van der Waals surface area (Å²) in [7, 11) is -4.01. The molecule has 0 unspecified atom stereocenters. The molecule has 5 nitrogen and oxygen atoms in total. The van der Waals surface area contributed by atoms with Gasteiger partial charge >= 0.3 is 0 Å². The molecule has 0 radical (unpaired) electrons. The van der Waals surface area contributed by atoms with Crippen molar-refractivity contribution in [2.45, 2.75) is 44.0 Å². The second-order valence-electron chi connectivity index (χ2n) is 6.60. The minimum atomic E-state index is -4.01. The van der Waals surface area contributed by atoms with Crippen LogP contribution in [0.5, 0.6) is 0 Å². The first-order valence-corrected chi connectivity index (χ1v) is 10.1. The maximum absolute atomic E-state index is 14.1. The Labute approximate surface area is 162 Å². The number of rotatable bonds is 7. The highest BCUT2D eigenvalue weighted by Gasteiger charge is 2.28. The summed E-state index contributed by atoms with van der Waals surface area (Å²) in [4.78, 5) is 12.0. The number of halogens is 3. The first-order chi connectivity index (χ1) is 13.0. The van der Waals surface area contributed by atoms with E-state index in [1.54, 1.807) is 6.92 Å². The van der Waals surface area contributed by atoms with Gasteiger partial charge in [-0.1, -0.05) is 13.8 Å². The Bertz CT molecular complexity index is 990. The van der Waals surface area contributed by atoms with Crippen molar-refractivity contribution in [1.29, 1.82) is 0 Å². The lowest BCUT2D eigenvalue weighted by Gasteiger charge is -2.27. The van der Waals surface area contributed by atoms with Crippen LogP contribution in [0.15, 0.2) is 41.3 Å². The van der Waals surface area contributed by atoms with Crippen LogP contribution in [0.1, 0.15) is 44.0 Å². The van der Waals surface area contributed by atoms with Gasteiger partial charge < -0.3 is 5.32 Å². The second-order valence-corrected chi connectivity index (χ2v) is 8.28. The molecule has 2 N–H and O–H groups in total. The van der Waals surface area contributed by atoms with Crippen molar-refractivity contribution in [2.24, 2.45) is 0 Å². The van der Waals surface area contributed by atoms with E-state index in [4.69, 9.17) is 0 Å². The highest BCUT2D eigenvalue weighted by atomic mass is 32.2. The monoisotopic (exact) mass is 414 g/mol. The molecular weight excluding hydrogens is 393 g/mol. The molecule has 1 amide bonds. The minimum Gasteiger partial charge on any atom is -0.322 e. The van der Waals surface area contributed by atoms with Crippen LogP contribution >= 0.6 is 0 Å². The molecular formula is C19H21F3N2O3S. The summed E-state index contributed by atoms with van der Waals surface area (Å²) in [5.41, 5.74) is -1.33. The normalized spacial score (nSPS) is 12.1. The van der Waals surface area contributed by atoms with Crippen LogP contribution < -0.4 is 10.0 Å². The maximum Gasteiger partial charge on any atom is 0.258 e. The molecule has 2 aromatic carbocycles. The topological polar surface area (TPSA) is 75.3 Å². The van der Waals surface area contributed by atoms with Crippen molar-refractivity contribution < 1.29 is 26.4 Å². The fourth-order valence-corrected chi connectivity index (χ4v) is 3.97. The SMILES string of the molecule is CCC(C)(CC)NS(=O)(=O)c1ccc(F)c(C(=O)Nc2ccc(F)c(F)c2)c1. The molecule has 0 heterocycles. The average Bonchev–Trinajstić information content (AvgIpc) is 2.64. The van der Waals surface area contributed by atoms with Crippen molar-refractivity contribution in [3.8, 4) is 0 Å². The highest BCUT2D eigenvalue weighted by Crippen LogP contribution is 2.22. The summed E-state index contributed by atoms with van der Waals surface area (Å²) in [5.74, 6) is -4.22. The van der Waals surface area contributed by atoms with E-state index in [1.165, 1.54) is 0 Å². The number of sulfonamides is 1. The van der Waals surface area contributed by atoms with Gasteiger partial charge in [-0.25, -0.2) is 26.3 Å². The molecule has 0 fully saturated rings. The van der Waals surface area contributed by atoms with Gasteiger partial charge in [0.15, 0.2) is 11.6 Å². The van der Waals surface area contributed by atoms with E-state index in [1.807, 2.05) is 13.8 Å². The number of hydrogen-bond donors (Lipinski definition) is 2. The van der Waals surface area contributed by atoms with Gasteiger partial charge in [0, 0.05) is 17.3 Å². The van der Waals surface area contributed by atoms with Gasteiger partial charge in [0.25, 0.3) is 5.91 Å². The van der Waals surface area contributed by atoms with Crippen LogP contribution in [0, 0.1) is 17.5 Å². The Morgan fingerprint density at radius 3 is 2.14 bits per heavy atom. The van der Waals surface area contributed by atoms with Gasteiger partial charge in [-0.15, -0.1) is 0 Å².